The molecule has 1 aliphatic carbocycles. The molecule has 0 radical (unpaired) electrons. The van der Waals surface area contributed by atoms with Crippen LogP contribution in [0.5, 0.6) is 0 Å². The van der Waals surface area contributed by atoms with E-state index in [2.05, 4.69) is 16.7 Å². The SMILES string of the molecule is Cc1ccc(C#N)cc1NC(=O)NCC1(O)CCCCCC1. The van der Waals surface area contributed by atoms with Crippen molar-refractivity contribution in [2.24, 2.45) is 0 Å². The van der Waals surface area contributed by atoms with E-state index in [9.17, 15) is 9.90 Å². The minimum absolute atomic E-state index is 0.260. The summed E-state index contributed by atoms with van der Waals surface area (Å²) >= 11 is 0. The number of carbonyl (C=O) groups is 1. The average Bonchev–Trinajstić information content (AvgIpc) is 2.73. The van der Waals surface area contributed by atoms with Gasteiger partial charge in [-0.2, -0.15) is 5.26 Å². The van der Waals surface area contributed by atoms with Gasteiger partial charge in [-0.15, -0.1) is 0 Å². The predicted octanol–water partition coefficient (Wildman–Crippen LogP) is 3.07. The zero-order valence-electron chi connectivity index (χ0n) is 13.0. The van der Waals surface area contributed by atoms with Crippen LogP contribution in [0, 0.1) is 18.3 Å². The highest BCUT2D eigenvalue weighted by Crippen LogP contribution is 2.26. The van der Waals surface area contributed by atoms with E-state index in [-0.39, 0.29) is 12.6 Å². The van der Waals surface area contributed by atoms with Crippen LogP contribution in [0.4, 0.5) is 10.5 Å². The summed E-state index contributed by atoms with van der Waals surface area (Å²) in [4.78, 5) is 12.0. The Balaban J connectivity index is 1.91. The first-order valence-electron chi connectivity index (χ1n) is 7.80. The number of carbonyl (C=O) groups excluding carboxylic acids is 1. The normalized spacial score (nSPS) is 17.1. The van der Waals surface area contributed by atoms with Gasteiger partial charge in [-0.05, 0) is 37.5 Å². The summed E-state index contributed by atoms with van der Waals surface area (Å²) in [7, 11) is 0. The van der Waals surface area contributed by atoms with E-state index in [1.165, 1.54) is 0 Å². The molecule has 118 valence electrons. The van der Waals surface area contributed by atoms with Gasteiger partial charge in [0.1, 0.15) is 0 Å². The van der Waals surface area contributed by atoms with Crippen molar-refractivity contribution in [3.8, 4) is 6.07 Å². The Bertz CT molecular complexity index is 570. The molecule has 0 aliphatic heterocycles. The van der Waals surface area contributed by atoms with Gasteiger partial charge < -0.3 is 15.7 Å². The number of aryl methyl sites for hydroxylation is 1. The van der Waals surface area contributed by atoms with E-state index >= 15 is 0 Å². The minimum Gasteiger partial charge on any atom is -0.388 e. The zero-order chi connectivity index (χ0) is 16.0. The summed E-state index contributed by atoms with van der Waals surface area (Å²) in [6.07, 6.45) is 5.77. The Labute approximate surface area is 131 Å². The number of rotatable bonds is 3. The van der Waals surface area contributed by atoms with Crippen molar-refractivity contribution in [2.45, 2.75) is 51.0 Å². The van der Waals surface area contributed by atoms with Crippen molar-refractivity contribution >= 4 is 11.7 Å². The molecule has 22 heavy (non-hydrogen) atoms. The van der Waals surface area contributed by atoms with Gasteiger partial charge in [-0.3, -0.25) is 0 Å². The van der Waals surface area contributed by atoms with Crippen LogP contribution in [0.1, 0.15) is 49.7 Å². The van der Waals surface area contributed by atoms with Crippen LogP contribution in [-0.4, -0.2) is 23.3 Å². The van der Waals surface area contributed by atoms with Crippen molar-refractivity contribution in [2.75, 3.05) is 11.9 Å². The van der Waals surface area contributed by atoms with Crippen LogP contribution in [0.15, 0.2) is 18.2 Å². The molecule has 1 saturated carbocycles. The highest BCUT2D eigenvalue weighted by atomic mass is 16.3. The molecule has 0 unspecified atom stereocenters. The van der Waals surface area contributed by atoms with Gasteiger partial charge in [0.2, 0.25) is 0 Å². The van der Waals surface area contributed by atoms with E-state index < -0.39 is 5.60 Å². The van der Waals surface area contributed by atoms with Crippen molar-refractivity contribution < 1.29 is 9.90 Å². The van der Waals surface area contributed by atoms with Crippen LogP contribution >= 0.6 is 0 Å². The predicted molar refractivity (Wildman–Crippen MR) is 85.6 cm³/mol. The topological polar surface area (TPSA) is 85.2 Å². The van der Waals surface area contributed by atoms with Crippen LogP contribution in [0.3, 0.4) is 0 Å². The maximum absolute atomic E-state index is 12.0. The number of aliphatic hydroxyl groups is 1. The molecular weight excluding hydrogens is 278 g/mol. The van der Waals surface area contributed by atoms with Crippen molar-refractivity contribution in [3.63, 3.8) is 0 Å². The minimum atomic E-state index is -0.794. The number of anilines is 1. The van der Waals surface area contributed by atoms with Crippen LogP contribution < -0.4 is 10.6 Å². The molecule has 5 heteroatoms. The molecule has 3 N–H and O–H groups in total. The summed E-state index contributed by atoms with van der Waals surface area (Å²) in [5.41, 5.74) is 1.22. The fourth-order valence-corrected chi connectivity index (χ4v) is 2.80. The highest BCUT2D eigenvalue weighted by Gasteiger charge is 2.28. The number of hydrogen-bond donors (Lipinski definition) is 3. The van der Waals surface area contributed by atoms with E-state index in [1.807, 2.05) is 6.92 Å². The number of nitrogens with one attached hydrogen (secondary N) is 2. The van der Waals surface area contributed by atoms with E-state index in [0.29, 0.717) is 11.3 Å². The van der Waals surface area contributed by atoms with Crippen molar-refractivity contribution in [3.05, 3.63) is 29.3 Å². The maximum atomic E-state index is 12.0. The van der Waals surface area contributed by atoms with Crippen LogP contribution in [-0.2, 0) is 0 Å². The lowest BCUT2D eigenvalue weighted by Gasteiger charge is -2.26. The van der Waals surface area contributed by atoms with Gasteiger partial charge in [-0.25, -0.2) is 4.79 Å². The molecule has 0 heterocycles. The average molecular weight is 301 g/mol. The van der Waals surface area contributed by atoms with Gasteiger partial charge in [-0.1, -0.05) is 31.7 Å². The smallest absolute Gasteiger partial charge is 0.319 e. The molecule has 0 saturated heterocycles. The number of nitrogens with zero attached hydrogens (tertiary/aromatic N) is 1. The Hall–Kier alpha value is -2.06. The van der Waals surface area contributed by atoms with Crippen molar-refractivity contribution in [1.82, 2.24) is 5.32 Å². The quantitative estimate of drug-likeness (QED) is 0.750. The molecule has 0 bridgehead atoms. The first-order valence-corrected chi connectivity index (χ1v) is 7.80. The highest BCUT2D eigenvalue weighted by molar-refractivity contribution is 5.90. The maximum Gasteiger partial charge on any atom is 0.319 e. The molecule has 0 atom stereocenters. The number of amides is 2. The number of urea groups is 1. The van der Waals surface area contributed by atoms with Gasteiger partial charge >= 0.3 is 6.03 Å². The Morgan fingerprint density at radius 1 is 1.32 bits per heavy atom. The van der Waals surface area contributed by atoms with Gasteiger partial charge in [0, 0.05) is 12.2 Å². The zero-order valence-corrected chi connectivity index (χ0v) is 13.0. The third kappa shape index (κ3) is 4.47. The monoisotopic (exact) mass is 301 g/mol. The van der Waals surface area contributed by atoms with E-state index in [1.54, 1.807) is 18.2 Å². The first-order chi connectivity index (χ1) is 10.5. The number of hydrogen-bond acceptors (Lipinski definition) is 3. The summed E-state index contributed by atoms with van der Waals surface area (Å²) in [5, 5.41) is 24.9. The van der Waals surface area contributed by atoms with Gasteiger partial charge in [0.15, 0.2) is 0 Å². The molecule has 5 nitrogen and oxygen atoms in total. The largest absolute Gasteiger partial charge is 0.388 e. The molecule has 0 aromatic heterocycles. The number of benzene rings is 1. The molecule has 1 aromatic carbocycles. The van der Waals surface area contributed by atoms with Crippen molar-refractivity contribution in [1.29, 1.82) is 5.26 Å². The first kappa shape index (κ1) is 16.3. The fraction of sp³-hybridized carbons (Fsp3) is 0.529. The number of nitriles is 1. The Morgan fingerprint density at radius 3 is 2.64 bits per heavy atom. The molecule has 1 aliphatic rings. The van der Waals surface area contributed by atoms with Crippen LogP contribution in [0.25, 0.3) is 0 Å². The van der Waals surface area contributed by atoms with Gasteiger partial charge in [0.25, 0.3) is 0 Å². The summed E-state index contributed by atoms with van der Waals surface area (Å²) in [6, 6.07) is 6.86. The second-order valence-corrected chi connectivity index (χ2v) is 6.09. The lowest BCUT2D eigenvalue weighted by Crippen LogP contribution is -2.44. The van der Waals surface area contributed by atoms with E-state index in [4.69, 9.17) is 5.26 Å². The lowest BCUT2D eigenvalue weighted by molar-refractivity contribution is 0.0281. The van der Waals surface area contributed by atoms with Crippen LogP contribution in [0.2, 0.25) is 0 Å². The third-order valence-electron chi connectivity index (χ3n) is 4.23. The Morgan fingerprint density at radius 2 is 2.00 bits per heavy atom. The van der Waals surface area contributed by atoms with E-state index in [0.717, 1.165) is 44.1 Å². The molecule has 2 amide bonds. The fourth-order valence-electron chi connectivity index (χ4n) is 2.80. The second kappa shape index (κ2) is 7.28. The van der Waals surface area contributed by atoms with Gasteiger partial charge in [0.05, 0.1) is 17.2 Å². The molecule has 1 fully saturated rings. The summed E-state index contributed by atoms with van der Waals surface area (Å²) in [5.74, 6) is 0. The summed E-state index contributed by atoms with van der Waals surface area (Å²) < 4.78 is 0. The molecule has 1 aromatic rings. The molecule has 0 spiro atoms. The second-order valence-electron chi connectivity index (χ2n) is 6.09. The molecular formula is C17H23N3O2. The third-order valence-corrected chi connectivity index (χ3v) is 4.23. The Kier molecular flexibility index (Phi) is 5.40. The molecule has 2 rings (SSSR count). The summed E-state index contributed by atoms with van der Waals surface area (Å²) in [6.45, 7) is 2.13. The lowest BCUT2D eigenvalue weighted by atomic mass is 9.94. The standard InChI is InChI=1S/C17H23N3O2/c1-13-6-7-14(11-18)10-15(13)20-16(21)19-12-17(22)8-4-2-3-5-9-17/h6-7,10,22H,2-5,8-9,12H2,1H3,(H2,19,20,21).